The Labute approximate surface area is 116 Å². The monoisotopic (exact) mass is 285 g/mol. The fourth-order valence-electron chi connectivity index (χ4n) is 1.25. The van der Waals surface area contributed by atoms with Crippen molar-refractivity contribution in [3.63, 3.8) is 0 Å². The van der Waals surface area contributed by atoms with Gasteiger partial charge in [-0.25, -0.2) is 0 Å². The molecule has 0 radical (unpaired) electrons. The molecule has 96 valence electrons. The van der Waals surface area contributed by atoms with Crippen LogP contribution in [0.2, 0.25) is 10.0 Å². The molecule has 1 amide bonds. The number of hydrogen-bond donors (Lipinski definition) is 1. The molecule has 1 rings (SSSR count). The molecule has 0 bridgehead atoms. The highest BCUT2D eigenvalue weighted by molar-refractivity contribution is 6.35. The van der Waals surface area contributed by atoms with Gasteiger partial charge in [-0.15, -0.1) is 6.42 Å². The summed E-state index contributed by atoms with van der Waals surface area (Å²) in [6.07, 6.45) is 5.98. The van der Waals surface area contributed by atoms with Crippen molar-refractivity contribution >= 4 is 29.1 Å². The highest BCUT2D eigenvalue weighted by Crippen LogP contribution is 2.27. The molecule has 1 aromatic rings. The number of carbonyl (C=O) groups is 1. The first kappa shape index (κ1) is 14.7. The van der Waals surface area contributed by atoms with Crippen LogP contribution in [0.1, 0.15) is 12.8 Å². The lowest BCUT2D eigenvalue weighted by molar-refractivity contribution is -0.121. The van der Waals surface area contributed by atoms with E-state index in [4.69, 9.17) is 34.4 Å². The molecular weight excluding hydrogens is 273 g/mol. The van der Waals surface area contributed by atoms with Gasteiger partial charge in [0.2, 0.25) is 5.91 Å². The predicted molar refractivity (Wildman–Crippen MR) is 73.0 cm³/mol. The predicted octanol–water partition coefficient (Wildman–Crippen LogP) is 2.90. The highest BCUT2D eigenvalue weighted by atomic mass is 35.5. The molecule has 0 saturated heterocycles. The van der Waals surface area contributed by atoms with Crippen molar-refractivity contribution in [1.82, 2.24) is 5.32 Å². The van der Waals surface area contributed by atoms with Crippen molar-refractivity contribution in [3.05, 3.63) is 28.2 Å². The van der Waals surface area contributed by atoms with Gasteiger partial charge in [0.15, 0.2) is 0 Å². The number of carbonyl (C=O) groups excluding carboxylic acids is 1. The molecule has 1 N–H and O–H groups in total. The van der Waals surface area contributed by atoms with Crippen LogP contribution in [0.5, 0.6) is 5.75 Å². The normalized spacial score (nSPS) is 9.61. The molecule has 0 aromatic heterocycles. The summed E-state index contributed by atoms with van der Waals surface area (Å²) >= 11 is 11.7. The second-order valence-corrected chi connectivity index (χ2v) is 4.35. The quantitative estimate of drug-likeness (QED) is 0.645. The molecule has 0 unspecified atom stereocenters. The first-order valence-corrected chi connectivity index (χ1v) is 6.17. The van der Waals surface area contributed by atoms with Crippen LogP contribution in [0.25, 0.3) is 0 Å². The number of amides is 1. The summed E-state index contributed by atoms with van der Waals surface area (Å²) in [6, 6.07) is 5.00. The van der Waals surface area contributed by atoms with Crippen LogP contribution >= 0.6 is 23.2 Å². The number of ether oxygens (including phenoxy) is 1. The van der Waals surface area contributed by atoms with E-state index in [2.05, 4.69) is 11.2 Å². The minimum Gasteiger partial charge on any atom is -0.492 e. The van der Waals surface area contributed by atoms with Crippen LogP contribution in [0.4, 0.5) is 0 Å². The Bertz CT molecular complexity index is 455. The summed E-state index contributed by atoms with van der Waals surface area (Å²) in [5.41, 5.74) is 0. The molecule has 0 heterocycles. The minimum atomic E-state index is -0.0845. The average Bonchev–Trinajstić information content (AvgIpc) is 2.34. The van der Waals surface area contributed by atoms with Gasteiger partial charge in [0.1, 0.15) is 5.75 Å². The second-order valence-electron chi connectivity index (χ2n) is 3.51. The lowest BCUT2D eigenvalue weighted by Gasteiger charge is -2.08. The van der Waals surface area contributed by atoms with Gasteiger partial charge in [0.25, 0.3) is 0 Å². The van der Waals surface area contributed by atoms with Gasteiger partial charge < -0.3 is 10.1 Å². The maximum atomic E-state index is 11.2. The number of halogens is 2. The highest BCUT2D eigenvalue weighted by Gasteiger charge is 2.03. The summed E-state index contributed by atoms with van der Waals surface area (Å²) in [5, 5.41) is 3.59. The smallest absolute Gasteiger partial charge is 0.220 e. The van der Waals surface area contributed by atoms with Gasteiger partial charge in [0.05, 0.1) is 18.2 Å². The van der Waals surface area contributed by atoms with Crippen LogP contribution in [-0.2, 0) is 4.79 Å². The van der Waals surface area contributed by atoms with Crippen LogP contribution in [-0.4, -0.2) is 19.1 Å². The van der Waals surface area contributed by atoms with E-state index >= 15 is 0 Å². The first-order valence-electron chi connectivity index (χ1n) is 5.41. The van der Waals surface area contributed by atoms with Gasteiger partial charge in [-0.2, -0.15) is 0 Å². The van der Waals surface area contributed by atoms with Crippen molar-refractivity contribution in [1.29, 1.82) is 0 Å². The molecule has 3 nitrogen and oxygen atoms in total. The summed E-state index contributed by atoms with van der Waals surface area (Å²) in [4.78, 5) is 11.2. The minimum absolute atomic E-state index is 0.0845. The summed E-state index contributed by atoms with van der Waals surface area (Å²) in [5.74, 6) is 2.81. The average molecular weight is 286 g/mol. The van der Waals surface area contributed by atoms with Crippen molar-refractivity contribution in [3.8, 4) is 18.1 Å². The van der Waals surface area contributed by atoms with E-state index in [0.717, 1.165) is 0 Å². The third-order valence-electron chi connectivity index (χ3n) is 2.09. The Morgan fingerprint density at radius 3 is 2.89 bits per heavy atom. The molecule has 5 heteroatoms. The zero-order valence-corrected chi connectivity index (χ0v) is 11.2. The molecule has 0 aliphatic rings. The fourth-order valence-corrected chi connectivity index (χ4v) is 1.71. The van der Waals surface area contributed by atoms with E-state index < -0.39 is 0 Å². The zero-order chi connectivity index (χ0) is 13.4. The van der Waals surface area contributed by atoms with E-state index in [1.165, 1.54) is 0 Å². The summed E-state index contributed by atoms with van der Waals surface area (Å²) in [7, 11) is 0. The van der Waals surface area contributed by atoms with Gasteiger partial charge in [-0.05, 0) is 24.6 Å². The second kappa shape index (κ2) is 7.86. The molecule has 0 aliphatic heterocycles. The van der Waals surface area contributed by atoms with Gasteiger partial charge in [-0.1, -0.05) is 29.1 Å². The van der Waals surface area contributed by atoms with Crippen molar-refractivity contribution < 1.29 is 9.53 Å². The van der Waals surface area contributed by atoms with E-state index in [-0.39, 0.29) is 12.5 Å². The Balaban J connectivity index is 2.26. The van der Waals surface area contributed by atoms with Crippen molar-refractivity contribution in [2.45, 2.75) is 12.8 Å². The lowest BCUT2D eigenvalue weighted by Crippen LogP contribution is -2.23. The van der Waals surface area contributed by atoms with Crippen molar-refractivity contribution in [2.24, 2.45) is 0 Å². The van der Waals surface area contributed by atoms with E-state index in [0.29, 0.717) is 35.2 Å². The maximum absolute atomic E-state index is 11.2. The Kier molecular flexibility index (Phi) is 6.42. The topological polar surface area (TPSA) is 38.3 Å². The molecule has 0 atom stereocenters. The van der Waals surface area contributed by atoms with Crippen LogP contribution < -0.4 is 10.1 Å². The number of rotatable bonds is 6. The largest absolute Gasteiger partial charge is 0.492 e. The molecule has 1 aromatic carbocycles. The van der Waals surface area contributed by atoms with E-state index in [1.807, 2.05) is 0 Å². The number of hydrogen-bond acceptors (Lipinski definition) is 2. The molecular formula is C13H13Cl2NO2. The third kappa shape index (κ3) is 5.31. The molecule has 0 aliphatic carbocycles. The molecule has 0 spiro atoms. The van der Waals surface area contributed by atoms with Gasteiger partial charge >= 0.3 is 0 Å². The van der Waals surface area contributed by atoms with Gasteiger partial charge in [-0.3, -0.25) is 4.79 Å². The van der Waals surface area contributed by atoms with Crippen LogP contribution in [0.3, 0.4) is 0 Å². The first-order chi connectivity index (χ1) is 8.63. The Morgan fingerprint density at radius 2 is 2.22 bits per heavy atom. The summed E-state index contributed by atoms with van der Waals surface area (Å²) in [6.45, 7) is 0.660. The number of terminal acetylenes is 1. The summed E-state index contributed by atoms with van der Waals surface area (Å²) < 4.78 is 5.44. The molecule has 0 fully saturated rings. The van der Waals surface area contributed by atoms with E-state index in [1.54, 1.807) is 18.2 Å². The fraction of sp³-hybridized carbons (Fsp3) is 0.308. The van der Waals surface area contributed by atoms with E-state index in [9.17, 15) is 4.79 Å². The lowest BCUT2D eigenvalue weighted by atomic mass is 10.3. The molecule has 18 heavy (non-hydrogen) atoms. The Morgan fingerprint density at radius 1 is 1.44 bits per heavy atom. The van der Waals surface area contributed by atoms with Crippen LogP contribution in [0.15, 0.2) is 18.2 Å². The standard InChI is InChI=1S/C13H13Cl2NO2/c1-2-7-16-13(17)4-3-8-18-12-6-5-10(14)9-11(12)15/h1,5-6,9H,3-4,7-8H2,(H,16,17). The number of nitrogens with one attached hydrogen (secondary N) is 1. The molecule has 0 saturated carbocycles. The van der Waals surface area contributed by atoms with Crippen molar-refractivity contribution in [2.75, 3.05) is 13.2 Å². The van der Waals surface area contributed by atoms with Crippen LogP contribution in [0, 0.1) is 12.3 Å². The Hall–Kier alpha value is -1.37. The third-order valence-corrected chi connectivity index (χ3v) is 2.62. The SMILES string of the molecule is C#CCNC(=O)CCCOc1ccc(Cl)cc1Cl. The van der Waals surface area contributed by atoms with Gasteiger partial charge in [0, 0.05) is 11.4 Å². The maximum Gasteiger partial charge on any atom is 0.220 e. The zero-order valence-electron chi connectivity index (χ0n) is 9.71. The number of benzene rings is 1.